The normalized spacial score (nSPS) is 13.9. The fraction of sp³-hybridized carbons (Fsp3) is 0.462. The van der Waals surface area contributed by atoms with Crippen LogP contribution in [0.5, 0.6) is 23.0 Å². The maximum absolute atomic E-state index is 12.6. The number of Topliss-reactive ketones (excluding diaryl/α,β-unsaturated/α-hetero) is 1. The number of hydrogen-bond acceptors (Lipinski definition) is 7. The van der Waals surface area contributed by atoms with Crippen molar-refractivity contribution < 1.29 is 28.5 Å². The molecule has 1 heterocycles. The minimum Gasteiger partial charge on any atom is -0.493 e. The topological polar surface area (TPSA) is 77.5 Å². The van der Waals surface area contributed by atoms with Crippen LogP contribution >= 0.6 is 0 Å². The van der Waals surface area contributed by atoms with Crippen LogP contribution in [0, 0.1) is 0 Å². The Hall–Kier alpha value is -3.26. The van der Waals surface area contributed by atoms with E-state index in [4.69, 9.17) is 18.9 Å². The van der Waals surface area contributed by atoms with Crippen molar-refractivity contribution in [1.29, 1.82) is 0 Å². The van der Waals surface area contributed by atoms with Gasteiger partial charge < -0.3 is 23.8 Å². The van der Waals surface area contributed by atoms with Crippen LogP contribution in [-0.2, 0) is 11.3 Å². The van der Waals surface area contributed by atoms with E-state index < -0.39 is 0 Å². The van der Waals surface area contributed by atoms with Crippen LogP contribution in [0.3, 0.4) is 0 Å². The number of benzene rings is 2. The molecule has 8 heteroatoms. The Kier molecular flexibility index (Phi) is 9.16. The van der Waals surface area contributed by atoms with Crippen molar-refractivity contribution in [3.63, 3.8) is 0 Å². The lowest BCUT2D eigenvalue weighted by Gasteiger charge is -2.35. The first-order valence-corrected chi connectivity index (χ1v) is 11.5. The number of rotatable bonds is 11. The van der Waals surface area contributed by atoms with Crippen LogP contribution < -0.4 is 18.9 Å². The molecule has 8 nitrogen and oxygen atoms in total. The molecule has 34 heavy (non-hydrogen) atoms. The van der Waals surface area contributed by atoms with E-state index in [1.165, 1.54) is 6.92 Å². The highest BCUT2D eigenvalue weighted by Crippen LogP contribution is 2.29. The van der Waals surface area contributed by atoms with Crippen molar-refractivity contribution >= 4 is 11.7 Å². The van der Waals surface area contributed by atoms with Gasteiger partial charge in [-0.3, -0.25) is 14.5 Å². The molecule has 1 aliphatic rings. The Morgan fingerprint density at radius 1 is 0.824 bits per heavy atom. The van der Waals surface area contributed by atoms with Crippen LogP contribution in [0.4, 0.5) is 0 Å². The Bertz CT molecular complexity index is 985. The van der Waals surface area contributed by atoms with Crippen LogP contribution in [-0.4, -0.2) is 75.6 Å². The van der Waals surface area contributed by atoms with Crippen molar-refractivity contribution in [1.82, 2.24) is 9.80 Å². The third-order valence-corrected chi connectivity index (χ3v) is 5.94. The Labute approximate surface area is 201 Å². The molecule has 0 bridgehead atoms. The van der Waals surface area contributed by atoms with E-state index in [2.05, 4.69) is 4.90 Å². The van der Waals surface area contributed by atoms with E-state index in [0.29, 0.717) is 49.6 Å². The first-order valence-electron chi connectivity index (χ1n) is 11.5. The lowest BCUT2D eigenvalue weighted by Crippen LogP contribution is -2.48. The van der Waals surface area contributed by atoms with Gasteiger partial charge in [-0.1, -0.05) is 6.07 Å². The molecule has 184 valence electrons. The fourth-order valence-electron chi connectivity index (χ4n) is 3.96. The molecule has 1 amide bonds. The second-order valence-electron chi connectivity index (χ2n) is 8.22. The number of methoxy groups -OCH3 is 3. The first kappa shape index (κ1) is 25.4. The van der Waals surface area contributed by atoms with Gasteiger partial charge in [-0.25, -0.2) is 0 Å². The zero-order valence-corrected chi connectivity index (χ0v) is 20.5. The van der Waals surface area contributed by atoms with E-state index in [-0.39, 0.29) is 11.7 Å². The van der Waals surface area contributed by atoms with Crippen molar-refractivity contribution in [3.05, 3.63) is 47.5 Å². The van der Waals surface area contributed by atoms with Crippen LogP contribution in [0.25, 0.3) is 0 Å². The minimum absolute atomic E-state index is 0.0285. The van der Waals surface area contributed by atoms with Crippen molar-refractivity contribution in [3.8, 4) is 23.0 Å². The number of carbonyl (C=O) groups is 2. The highest BCUT2D eigenvalue weighted by Gasteiger charge is 2.21. The summed E-state index contributed by atoms with van der Waals surface area (Å²) >= 11 is 0. The average Bonchev–Trinajstić information content (AvgIpc) is 2.86. The zero-order valence-electron chi connectivity index (χ0n) is 20.5. The molecule has 1 saturated heterocycles. The highest BCUT2D eigenvalue weighted by atomic mass is 16.5. The summed E-state index contributed by atoms with van der Waals surface area (Å²) in [6, 6.07) is 11.1. The van der Waals surface area contributed by atoms with Crippen LogP contribution in [0.2, 0.25) is 0 Å². The van der Waals surface area contributed by atoms with Gasteiger partial charge in [0.05, 0.1) is 27.9 Å². The molecule has 0 radical (unpaired) electrons. The van der Waals surface area contributed by atoms with Gasteiger partial charge in [0.25, 0.3) is 0 Å². The number of ether oxygens (including phenoxy) is 4. The molecule has 0 saturated carbocycles. The average molecular weight is 471 g/mol. The van der Waals surface area contributed by atoms with Gasteiger partial charge in [-0.05, 0) is 49.2 Å². The van der Waals surface area contributed by atoms with E-state index in [9.17, 15) is 9.59 Å². The number of amides is 1. The molecule has 1 aliphatic heterocycles. The van der Waals surface area contributed by atoms with Crippen molar-refractivity contribution in [2.24, 2.45) is 0 Å². The summed E-state index contributed by atoms with van der Waals surface area (Å²) in [5, 5.41) is 0. The summed E-state index contributed by atoms with van der Waals surface area (Å²) < 4.78 is 21.8. The number of ketones is 1. The number of piperazine rings is 1. The summed E-state index contributed by atoms with van der Waals surface area (Å²) in [5.41, 5.74) is 1.73. The van der Waals surface area contributed by atoms with Crippen molar-refractivity contribution in [2.45, 2.75) is 26.3 Å². The molecule has 3 rings (SSSR count). The maximum atomic E-state index is 12.6. The third kappa shape index (κ3) is 6.63. The number of hydrogen-bond donors (Lipinski definition) is 0. The second-order valence-corrected chi connectivity index (χ2v) is 8.22. The lowest BCUT2D eigenvalue weighted by atomic mass is 10.1. The first-order chi connectivity index (χ1) is 16.4. The van der Waals surface area contributed by atoms with Crippen LogP contribution in [0.15, 0.2) is 36.4 Å². The van der Waals surface area contributed by atoms with E-state index in [0.717, 1.165) is 36.7 Å². The second kappa shape index (κ2) is 12.3. The Morgan fingerprint density at radius 2 is 1.47 bits per heavy atom. The zero-order chi connectivity index (χ0) is 24.5. The molecule has 0 aliphatic carbocycles. The van der Waals surface area contributed by atoms with Crippen LogP contribution in [0.1, 0.15) is 35.7 Å². The van der Waals surface area contributed by atoms with Gasteiger partial charge in [-0.15, -0.1) is 0 Å². The SMILES string of the molecule is COc1ccc(CN2CCN(C(=O)CCCOc3ccc(C(C)=O)cc3OC)CC2)cc1OC. The van der Waals surface area contributed by atoms with E-state index in [1.807, 2.05) is 23.1 Å². The molecule has 2 aromatic rings. The molecule has 2 aromatic carbocycles. The standard InChI is InChI=1S/C26H34N2O6/c1-19(29)21-8-10-23(25(17-21)33-4)34-15-5-6-26(30)28-13-11-27(12-14-28)18-20-7-9-22(31-2)24(16-20)32-3/h7-10,16-17H,5-6,11-15,18H2,1-4H3. The summed E-state index contributed by atoms with van der Waals surface area (Å²) in [5.74, 6) is 2.65. The predicted molar refractivity (Wildman–Crippen MR) is 129 cm³/mol. The van der Waals surface area contributed by atoms with Gasteiger partial charge in [-0.2, -0.15) is 0 Å². The summed E-state index contributed by atoms with van der Waals surface area (Å²) in [4.78, 5) is 28.4. The molecule has 0 N–H and O–H groups in total. The third-order valence-electron chi connectivity index (χ3n) is 5.94. The smallest absolute Gasteiger partial charge is 0.222 e. The summed E-state index contributed by atoms with van der Waals surface area (Å²) in [7, 11) is 4.81. The molecular formula is C26H34N2O6. The lowest BCUT2D eigenvalue weighted by molar-refractivity contribution is -0.133. The molecule has 1 fully saturated rings. The monoisotopic (exact) mass is 470 g/mol. The van der Waals surface area contributed by atoms with E-state index >= 15 is 0 Å². The fourth-order valence-corrected chi connectivity index (χ4v) is 3.96. The van der Waals surface area contributed by atoms with Crippen molar-refractivity contribution in [2.75, 3.05) is 54.1 Å². The van der Waals surface area contributed by atoms with Gasteiger partial charge in [0.1, 0.15) is 0 Å². The predicted octanol–water partition coefficient (Wildman–Crippen LogP) is 3.42. The van der Waals surface area contributed by atoms with Gasteiger partial charge in [0.15, 0.2) is 28.8 Å². The van der Waals surface area contributed by atoms with Gasteiger partial charge >= 0.3 is 0 Å². The Balaban J connectivity index is 1.40. The summed E-state index contributed by atoms with van der Waals surface area (Å²) in [6.07, 6.45) is 1.05. The quantitative estimate of drug-likeness (QED) is 0.368. The molecular weight excluding hydrogens is 436 g/mol. The molecule has 0 atom stereocenters. The van der Waals surface area contributed by atoms with Gasteiger partial charge in [0, 0.05) is 44.7 Å². The largest absolute Gasteiger partial charge is 0.493 e. The Morgan fingerprint density at radius 3 is 2.12 bits per heavy atom. The van der Waals surface area contributed by atoms with Gasteiger partial charge in [0.2, 0.25) is 5.91 Å². The minimum atomic E-state index is -0.0285. The summed E-state index contributed by atoms with van der Waals surface area (Å²) in [6.45, 7) is 5.81. The maximum Gasteiger partial charge on any atom is 0.222 e. The molecule has 0 spiro atoms. The molecule has 0 unspecified atom stereocenters. The van der Waals surface area contributed by atoms with E-state index in [1.54, 1.807) is 39.5 Å². The number of carbonyl (C=O) groups excluding carboxylic acids is 2. The highest BCUT2D eigenvalue weighted by molar-refractivity contribution is 5.94. The number of nitrogens with zero attached hydrogens (tertiary/aromatic N) is 2. The molecule has 0 aromatic heterocycles.